The van der Waals surface area contributed by atoms with Gasteiger partial charge in [-0.25, -0.2) is 17.6 Å². The lowest BCUT2D eigenvalue weighted by Crippen LogP contribution is -2.31. The number of methoxy groups -OCH3 is 2. The van der Waals surface area contributed by atoms with E-state index in [0.717, 1.165) is 10.4 Å². The molecule has 0 spiro atoms. The molecule has 0 unspecified atom stereocenters. The van der Waals surface area contributed by atoms with Gasteiger partial charge in [-0.1, -0.05) is 6.07 Å². The molecule has 0 bridgehead atoms. The molecule has 0 N–H and O–H groups in total. The lowest BCUT2D eigenvalue weighted by Gasteiger charge is -2.23. The minimum absolute atomic E-state index is 0.0466. The summed E-state index contributed by atoms with van der Waals surface area (Å²) in [5.74, 6) is -1.40. The number of carbonyl (C=O) groups excluding carboxylic acids is 1. The molecule has 0 fully saturated rings. The van der Waals surface area contributed by atoms with Crippen molar-refractivity contribution in [3.8, 4) is 5.75 Å². The zero-order valence-electron chi connectivity index (χ0n) is 14.0. The Morgan fingerprint density at radius 2 is 1.88 bits per heavy atom. The van der Waals surface area contributed by atoms with Crippen molar-refractivity contribution in [3.05, 3.63) is 53.8 Å². The summed E-state index contributed by atoms with van der Waals surface area (Å²) >= 11 is 0. The van der Waals surface area contributed by atoms with Crippen molar-refractivity contribution >= 4 is 21.7 Å². The molecular weight excluding hydrogens is 349 g/mol. The number of carbonyl (C=O) groups is 1. The van der Waals surface area contributed by atoms with Gasteiger partial charge in [0.1, 0.15) is 0 Å². The number of hydrogen-bond donors (Lipinski definition) is 0. The molecular formula is C17H18FNO5S. The molecule has 0 saturated carbocycles. The third-order valence-corrected chi connectivity index (χ3v) is 5.45. The summed E-state index contributed by atoms with van der Waals surface area (Å²) < 4.78 is 50.2. The molecule has 2 rings (SSSR count). The van der Waals surface area contributed by atoms with Crippen LogP contribution in [-0.4, -0.2) is 35.2 Å². The van der Waals surface area contributed by atoms with E-state index in [9.17, 15) is 17.6 Å². The number of rotatable bonds is 6. The van der Waals surface area contributed by atoms with Gasteiger partial charge in [0.05, 0.1) is 30.4 Å². The van der Waals surface area contributed by atoms with Gasteiger partial charge in [0, 0.05) is 6.54 Å². The first-order valence-electron chi connectivity index (χ1n) is 7.39. The Labute approximate surface area is 145 Å². The zero-order chi connectivity index (χ0) is 18.6. The van der Waals surface area contributed by atoms with E-state index in [1.807, 2.05) is 0 Å². The number of halogens is 1. The van der Waals surface area contributed by atoms with Gasteiger partial charge in [0.15, 0.2) is 11.6 Å². The van der Waals surface area contributed by atoms with Crippen LogP contribution in [0.2, 0.25) is 0 Å². The fourth-order valence-electron chi connectivity index (χ4n) is 2.33. The maximum Gasteiger partial charge on any atom is 0.337 e. The van der Waals surface area contributed by atoms with Gasteiger partial charge in [-0.3, -0.25) is 4.31 Å². The average Bonchev–Trinajstić information content (AvgIpc) is 2.61. The molecule has 134 valence electrons. The summed E-state index contributed by atoms with van der Waals surface area (Å²) in [7, 11) is -1.48. The molecule has 2 aromatic carbocycles. The molecule has 0 saturated heterocycles. The van der Waals surface area contributed by atoms with Crippen LogP contribution >= 0.6 is 0 Å². The molecule has 2 aromatic rings. The quantitative estimate of drug-likeness (QED) is 0.734. The number of sulfonamides is 1. The Bertz CT molecular complexity index is 882. The SMILES string of the molecule is CCN(c1cccc(C(=O)OC)c1)S(=O)(=O)c1ccc(OC)c(F)c1. The predicted molar refractivity (Wildman–Crippen MR) is 90.9 cm³/mol. The predicted octanol–water partition coefficient (Wildman–Crippen LogP) is 2.84. The number of ether oxygens (including phenoxy) is 2. The van der Waals surface area contributed by atoms with Crippen LogP contribution < -0.4 is 9.04 Å². The summed E-state index contributed by atoms with van der Waals surface area (Å²) in [5.41, 5.74) is 0.496. The van der Waals surface area contributed by atoms with Gasteiger partial charge in [0.2, 0.25) is 0 Å². The van der Waals surface area contributed by atoms with E-state index >= 15 is 0 Å². The van der Waals surface area contributed by atoms with E-state index in [4.69, 9.17) is 4.74 Å². The first-order valence-corrected chi connectivity index (χ1v) is 8.83. The van der Waals surface area contributed by atoms with Crippen molar-refractivity contribution < 1.29 is 27.1 Å². The standard InChI is InChI=1S/C17H18FNO5S/c1-4-19(13-7-5-6-12(10-13)17(20)24-3)25(21,22)14-8-9-16(23-2)15(18)11-14/h5-11H,4H2,1-3H3. The van der Waals surface area contributed by atoms with Crippen molar-refractivity contribution in [3.63, 3.8) is 0 Å². The van der Waals surface area contributed by atoms with Crippen LogP contribution in [0.4, 0.5) is 10.1 Å². The summed E-state index contributed by atoms with van der Waals surface area (Å²) in [5, 5.41) is 0. The topological polar surface area (TPSA) is 72.9 Å². The summed E-state index contributed by atoms with van der Waals surface area (Å²) in [6.45, 7) is 1.74. The highest BCUT2D eigenvalue weighted by Gasteiger charge is 2.25. The number of anilines is 1. The van der Waals surface area contributed by atoms with Gasteiger partial charge in [-0.2, -0.15) is 0 Å². The van der Waals surface area contributed by atoms with Gasteiger partial charge in [0.25, 0.3) is 10.0 Å². The minimum Gasteiger partial charge on any atom is -0.494 e. The summed E-state index contributed by atoms with van der Waals surface area (Å²) in [6, 6.07) is 9.45. The first-order chi connectivity index (χ1) is 11.8. The smallest absolute Gasteiger partial charge is 0.337 e. The molecule has 0 aromatic heterocycles. The van der Waals surface area contributed by atoms with Crippen molar-refractivity contribution in [1.82, 2.24) is 0 Å². The second kappa shape index (κ2) is 7.52. The fourth-order valence-corrected chi connectivity index (χ4v) is 3.81. The highest BCUT2D eigenvalue weighted by molar-refractivity contribution is 7.92. The lowest BCUT2D eigenvalue weighted by atomic mass is 10.2. The van der Waals surface area contributed by atoms with Crippen LogP contribution in [0, 0.1) is 5.82 Å². The van der Waals surface area contributed by atoms with Gasteiger partial charge >= 0.3 is 5.97 Å². The molecule has 0 aliphatic carbocycles. The summed E-state index contributed by atoms with van der Waals surface area (Å²) in [6.07, 6.45) is 0. The second-order valence-corrected chi connectivity index (χ2v) is 6.87. The molecule has 0 radical (unpaired) electrons. The van der Waals surface area contributed by atoms with Gasteiger partial charge in [-0.05, 0) is 43.3 Å². The molecule has 6 nitrogen and oxygen atoms in total. The lowest BCUT2D eigenvalue weighted by molar-refractivity contribution is 0.0600. The monoisotopic (exact) mass is 367 g/mol. The maximum atomic E-state index is 13.9. The Morgan fingerprint density at radius 1 is 1.16 bits per heavy atom. The van der Waals surface area contributed by atoms with E-state index < -0.39 is 21.8 Å². The van der Waals surface area contributed by atoms with E-state index in [2.05, 4.69) is 4.74 Å². The highest BCUT2D eigenvalue weighted by atomic mass is 32.2. The van der Waals surface area contributed by atoms with Crippen molar-refractivity contribution in [2.45, 2.75) is 11.8 Å². The summed E-state index contributed by atoms with van der Waals surface area (Å²) in [4.78, 5) is 11.4. The van der Waals surface area contributed by atoms with E-state index in [-0.39, 0.29) is 28.4 Å². The molecule has 0 aliphatic heterocycles. The molecule has 25 heavy (non-hydrogen) atoms. The maximum absolute atomic E-state index is 13.9. The van der Waals surface area contributed by atoms with Gasteiger partial charge < -0.3 is 9.47 Å². The van der Waals surface area contributed by atoms with Crippen LogP contribution in [0.15, 0.2) is 47.4 Å². The number of esters is 1. The minimum atomic E-state index is -4.02. The molecule has 8 heteroatoms. The first kappa shape index (κ1) is 18.7. The van der Waals surface area contributed by atoms with Crippen LogP contribution in [0.1, 0.15) is 17.3 Å². The van der Waals surface area contributed by atoms with E-state index in [1.165, 1.54) is 38.5 Å². The molecule has 0 aliphatic rings. The van der Waals surface area contributed by atoms with Crippen LogP contribution in [-0.2, 0) is 14.8 Å². The second-order valence-electron chi connectivity index (χ2n) is 5.01. The Hall–Kier alpha value is -2.61. The number of hydrogen-bond acceptors (Lipinski definition) is 5. The normalized spacial score (nSPS) is 11.0. The van der Waals surface area contributed by atoms with Crippen LogP contribution in [0.3, 0.4) is 0 Å². The zero-order valence-corrected chi connectivity index (χ0v) is 14.8. The average molecular weight is 367 g/mol. The number of nitrogens with zero attached hydrogens (tertiary/aromatic N) is 1. The fraction of sp³-hybridized carbons (Fsp3) is 0.235. The Kier molecular flexibility index (Phi) is 5.63. The third kappa shape index (κ3) is 3.74. The van der Waals surface area contributed by atoms with Crippen molar-refractivity contribution in [1.29, 1.82) is 0 Å². The van der Waals surface area contributed by atoms with Crippen molar-refractivity contribution in [2.24, 2.45) is 0 Å². The van der Waals surface area contributed by atoms with Crippen LogP contribution in [0.25, 0.3) is 0 Å². The number of benzene rings is 2. The molecule has 0 amide bonds. The van der Waals surface area contributed by atoms with E-state index in [0.29, 0.717) is 0 Å². The largest absolute Gasteiger partial charge is 0.494 e. The molecule has 0 heterocycles. The Morgan fingerprint density at radius 3 is 2.44 bits per heavy atom. The van der Waals surface area contributed by atoms with Crippen molar-refractivity contribution in [2.75, 3.05) is 25.1 Å². The third-order valence-electron chi connectivity index (χ3n) is 3.55. The molecule has 0 atom stereocenters. The Balaban J connectivity index is 2.49. The highest BCUT2D eigenvalue weighted by Crippen LogP contribution is 2.27. The van der Waals surface area contributed by atoms with E-state index in [1.54, 1.807) is 19.1 Å². The van der Waals surface area contributed by atoms with Gasteiger partial charge in [-0.15, -0.1) is 0 Å². The van der Waals surface area contributed by atoms with Crippen LogP contribution in [0.5, 0.6) is 5.75 Å².